The maximum atomic E-state index is 12.2. The van der Waals surface area contributed by atoms with Crippen molar-refractivity contribution in [3.05, 3.63) is 0 Å². The van der Waals surface area contributed by atoms with E-state index in [1.165, 1.54) is 0 Å². The second-order valence-electron chi connectivity index (χ2n) is 10.3. The van der Waals surface area contributed by atoms with Crippen molar-refractivity contribution in [1.82, 2.24) is 0 Å². The molecule has 0 saturated heterocycles. The first-order chi connectivity index (χ1) is 22.2. The lowest BCUT2D eigenvalue weighted by molar-refractivity contribution is -0.190. The van der Waals surface area contributed by atoms with E-state index >= 15 is 0 Å². The highest BCUT2D eigenvalue weighted by atomic mass is 16.6. The first-order valence-corrected chi connectivity index (χ1v) is 16.1. The number of hydrogen-bond donors (Lipinski definition) is 1. The first-order valence-electron chi connectivity index (χ1n) is 16.1. The molecule has 15 nitrogen and oxygen atoms in total. The molecular weight excluding hydrogens is 624 g/mol. The third-order valence-electron chi connectivity index (χ3n) is 5.96. The molecule has 0 radical (unpaired) electrons. The monoisotopic (exact) mass is 678 g/mol. The molecular formula is C32H54O15. The van der Waals surface area contributed by atoms with Crippen molar-refractivity contribution in [2.24, 2.45) is 0 Å². The van der Waals surface area contributed by atoms with Gasteiger partial charge in [0, 0.05) is 6.92 Å². The number of carbonyl (C=O) groups is 7. The molecule has 0 fully saturated rings. The molecule has 0 aliphatic rings. The molecule has 0 spiro atoms. The Balaban J connectivity index is 0. The minimum Gasteiger partial charge on any atom is -0.466 e. The molecule has 1 N–H and O–H groups in total. The summed E-state index contributed by atoms with van der Waals surface area (Å²) in [6, 6.07) is 0. The van der Waals surface area contributed by atoms with E-state index in [1.807, 2.05) is 20.8 Å². The molecule has 0 amide bonds. The zero-order valence-electron chi connectivity index (χ0n) is 29.0. The lowest BCUT2D eigenvalue weighted by atomic mass is 9.95. The fraction of sp³-hybridized carbons (Fsp3) is 0.781. The van der Waals surface area contributed by atoms with Gasteiger partial charge in [-0.2, -0.15) is 0 Å². The molecule has 0 aliphatic carbocycles. The lowest BCUT2D eigenvalue weighted by Gasteiger charge is -2.28. The van der Waals surface area contributed by atoms with Crippen molar-refractivity contribution in [2.45, 2.75) is 124 Å². The largest absolute Gasteiger partial charge is 0.466 e. The molecule has 0 aromatic carbocycles. The lowest BCUT2D eigenvalue weighted by Crippen LogP contribution is -2.48. The predicted octanol–water partition coefficient (Wildman–Crippen LogP) is 3.29. The number of carbonyl (C=O) groups excluding carboxylic acids is 7. The van der Waals surface area contributed by atoms with Gasteiger partial charge in [-0.05, 0) is 40.0 Å². The summed E-state index contributed by atoms with van der Waals surface area (Å²) in [5, 5.41) is 10.6. The molecule has 0 bridgehead atoms. The Morgan fingerprint density at radius 3 is 1.19 bits per heavy atom. The molecule has 0 aromatic rings. The number of ether oxygens (including phenoxy) is 7. The van der Waals surface area contributed by atoms with Gasteiger partial charge in [0.1, 0.15) is 0 Å². The minimum atomic E-state index is -2.26. The van der Waals surface area contributed by atoms with Crippen LogP contribution in [-0.4, -0.2) is 97.7 Å². The van der Waals surface area contributed by atoms with E-state index in [2.05, 4.69) is 0 Å². The summed E-state index contributed by atoms with van der Waals surface area (Å²) in [7, 11) is 0. The zero-order valence-corrected chi connectivity index (χ0v) is 29.0. The molecule has 0 atom stereocenters. The van der Waals surface area contributed by atoms with Crippen LogP contribution < -0.4 is 0 Å². The highest BCUT2D eigenvalue weighted by Gasteiger charge is 2.48. The van der Waals surface area contributed by atoms with Crippen LogP contribution in [0.2, 0.25) is 0 Å². The molecule has 0 heterocycles. The average Bonchev–Trinajstić information content (AvgIpc) is 2.97. The van der Waals surface area contributed by atoms with Gasteiger partial charge < -0.3 is 38.3 Å². The first kappa shape index (κ1) is 45.4. The second-order valence-corrected chi connectivity index (χ2v) is 10.3. The van der Waals surface area contributed by atoms with Crippen molar-refractivity contribution in [1.29, 1.82) is 0 Å². The number of rotatable bonds is 23. The van der Waals surface area contributed by atoms with Crippen molar-refractivity contribution < 1.29 is 71.8 Å². The van der Waals surface area contributed by atoms with Gasteiger partial charge in [0.05, 0.1) is 65.3 Å². The Morgan fingerprint density at radius 2 is 0.851 bits per heavy atom. The van der Waals surface area contributed by atoms with E-state index in [0.717, 1.165) is 26.2 Å². The summed E-state index contributed by atoms with van der Waals surface area (Å²) in [6.07, 6.45) is 1.98. The van der Waals surface area contributed by atoms with Crippen LogP contribution >= 0.6 is 0 Å². The Hall–Kier alpha value is -3.75. The topological polar surface area (TPSA) is 204 Å². The van der Waals surface area contributed by atoms with Crippen LogP contribution in [0.5, 0.6) is 0 Å². The number of unbranched alkanes of at least 4 members (excludes halogenated alkanes) is 3. The second kappa shape index (κ2) is 26.3. The van der Waals surface area contributed by atoms with Gasteiger partial charge in [-0.1, -0.05) is 40.0 Å². The molecule has 0 aliphatic heterocycles. The molecule has 0 unspecified atom stereocenters. The maximum Gasteiger partial charge on any atom is 0.351 e. The Kier molecular flexibility index (Phi) is 25.4. The molecule has 0 saturated carbocycles. The van der Waals surface area contributed by atoms with Crippen molar-refractivity contribution in [2.75, 3.05) is 39.6 Å². The highest BCUT2D eigenvalue weighted by Crippen LogP contribution is 2.25. The fourth-order valence-electron chi connectivity index (χ4n) is 3.64. The summed E-state index contributed by atoms with van der Waals surface area (Å²) in [4.78, 5) is 82.8. The van der Waals surface area contributed by atoms with E-state index in [1.54, 1.807) is 20.8 Å². The molecule has 47 heavy (non-hydrogen) atoms. The third-order valence-corrected chi connectivity index (χ3v) is 5.96. The minimum absolute atomic E-state index is 0.00645. The molecule has 0 rings (SSSR count). The van der Waals surface area contributed by atoms with Crippen LogP contribution in [0.25, 0.3) is 0 Å². The van der Waals surface area contributed by atoms with Crippen LogP contribution in [0.1, 0.15) is 113 Å². The third kappa shape index (κ3) is 20.9. The van der Waals surface area contributed by atoms with Crippen LogP contribution in [0.3, 0.4) is 0 Å². The zero-order chi connectivity index (χ0) is 36.3. The maximum absolute atomic E-state index is 12.2. The van der Waals surface area contributed by atoms with E-state index in [9.17, 15) is 38.7 Å². The van der Waals surface area contributed by atoms with Crippen LogP contribution in [0.15, 0.2) is 0 Å². The summed E-state index contributed by atoms with van der Waals surface area (Å²) >= 11 is 0. The Morgan fingerprint density at radius 1 is 0.489 bits per heavy atom. The van der Waals surface area contributed by atoms with E-state index in [-0.39, 0.29) is 39.6 Å². The summed E-state index contributed by atoms with van der Waals surface area (Å²) < 4.78 is 34.3. The molecule has 15 heteroatoms. The molecule has 0 aromatic heterocycles. The molecule has 272 valence electrons. The van der Waals surface area contributed by atoms with E-state index < -0.39 is 78.7 Å². The van der Waals surface area contributed by atoms with Gasteiger partial charge in [0.25, 0.3) is 0 Å². The van der Waals surface area contributed by atoms with Crippen LogP contribution in [0, 0.1) is 0 Å². The number of hydrogen-bond acceptors (Lipinski definition) is 15. The van der Waals surface area contributed by atoms with Crippen molar-refractivity contribution >= 4 is 41.8 Å². The van der Waals surface area contributed by atoms with Gasteiger partial charge >= 0.3 is 41.8 Å². The highest BCUT2D eigenvalue weighted by molar-refractivity contribution is 5.92. The van der Waals surface area contributed by atoms with E-state index in [0.29, 0.717) is 19.3 Å². The van der Waals surface area contributed by atoms with Crippen molar-refractivity contribution in [3.63, 3.8) is 0 Å². The summed E-state index contributed by atoms with van der Waals surface area (Å²) in [5.74, 6) is -5.90. The summed E-state index contributed by atoms with van der Waals surface area (Å²) in [6.45, 7) is 12.3. The number of aliphatic hydroxyl groups is 1. The number of esters is 7. The normalized spacial score (nSPS) is 10.8. The smallest absolute Gasteiger partial charge is 0.351 e. The Bertz CT molecular complexity index is 932. The standard InChI is InChI=1S/C18H32O7.C14H22O8/c1-4-7-10-23-15(19)13-18(22,17(21)25-12-9-6-3)14-16(20)24-11-8-5-2;1-5-19-11(16)8-14(22-10(4)15,13(18)21-7-3)9-12(17)20-6-2/h22H,4-14H2,1-3H3;5-9H2,1-4H3. The van der Waals surface area contributed by atoms with Gasteiger partial charge in [0.2, 0.25) is 5.60 Å². The fourth-order valence-corrected chi connectivity index (χ4v) is 3.64. The summed E-state index contributed by atoms with van der Waals surface area (Å²) in [5.41, 5.74) is -4.35. The average molecular weight is 679 g/mol. The van der Waals surface area contributed by atoms with E-state index in [4.69, 9.17) is 33.2 Å². The predicted molar refractivity (Wildman–Crippen MR) is 165 cm³/mol. The van der Waals surface area contributed by atoms with Gasteiger partial charge in [-0.15, -0.1) is 0 Å². The van der Waals surface area contributed by atoms with Gasteiger partial charge in [0.15, 0.2) is 5.60 Å². The van der Waals surface area contributed by atoms with Gasteiger partial charge in [-0.3, -0.25) is 24.0 Å². The SMILES string of the molecule is CCCCOC(=O)CC(O)(CC(=O)OCCCC)C(=O)OCCCC.CCOC(=O)CC(CC(=O)OCC)(OC(C)=O)C(=O)OCC. The van der Waals surface area contributed by atoms with Crippen LogP contribution in [0.4, 0.5) is 0 Å². The van der Waals surface area contributed by atoms with Crippen molar-refractivity contribution in [3.8, 4) is 0 Å². The van der Waals surface area contributed by atoms with Crippen LogP contribution in [-0.2, 0) is 66.7 Å². The van der Waals surface area contributed by atoms with Gasteiger partial charge in [-0.25, -0.2) is 9.59 Å². The quantitative estimate of drug-likeness (QED) is 0.0935. The Labute approximate surface area is 277 Å².